The maximum atomic E-state index is 13.9. The molecule has 0 aliphatic carbocycles. The minimum atomic E-state index is -1.26. The van der Waals surface area contributed by atoms with E-state index >= 15 is 0 Å². The van der Waals surface area contributed by atoms with Crippen LogP contribution in [0, 0.1) is 30.4 Å². The lowest BCUT2D eigenvalue weighted by Gasteiger charge is -2.22. The summed E-state index contributed by atoms with van der Waals surface area (Å²) in [5.41, 5.74) is 1.57. The first-order chi connectivity index (χ1) is 17.4. The lowest BCUT2D eigenvalue weighted by Crippen LogP contribution is -2.29. The molecule has 1 atom stereocenters. The van der Waals surface area contributed by atoms with Gasteiger partial charge in [0.05, 0.1) is 11.7 Å². The Labute approximate surface area is 211 Å². The Morgan fingerprint density at radius 3 is 2.49 bits per heavy atom. The lowest BCUT2D eigenvalue weighted by molar-refractivity contribution is -0.119. The summed E-state index contributed by atoms with van der Waals surface area (Å²) in [6.07, 6.45) is 0.0313. The Kier molecular flexibility index (Phi) is 6.92. The second-order valence-electron chi connectivity index (χ2n) is 9.23. The first-order valence-electron chi connectivity index (χ1n) is 11.5. The highest BCUT2D eigenvalue weighted by molar-refractivity contribution is 5.75. The van der Waals surface area contributed by atoms with Crippen LogP contribution in [0.5, 0.6) is 0 Å². The molecule has 10 heteroatoms. The summed E-state index contributed by atoms with van der Waals surface area (Å²) in [5.74, 6) is 3.68. The molecule has 1 aromatic carbocycles. The number of nitrogens with one attached hydrogen (secondary N) is 2. The van der Waals surface area contributed by atoms with E-state index in [1.54, 1.807) is 31.2 Å². The van der Waals surface area contributed by atoms with Gasteiger partial charge in [-0.25, -0.2) is 28.1 Å². The summed E-state index contributed by atoms with van der Waals surface area (Å²) in [5, 5.41) is 19.3. The third-order valence-electron chi connectivity index (χ3n) is 5.60. The molecule has 3 heterocycles. The Bertz CT molecular complexity index is 1600. The summed E-state index contributed by atoms with van der Waals surface area (Å²) in [7, 11) is 0. The predicted octanol–water partition coefficient (Wildman–Crippen LogP) is 3.21. The number of aliphatic hydroxyl groups is 1. The fourth-order valence-corrected chi connectivity index (χ4v) is 4.11. The van der Waals surface area contributed by atoms with Crippen LogP contribution in [0.1, 0.15) is 49.5 Å². The van der Waals surface area contributed by atoms with Crippen LogP contribution < -0.4 is 11.0 Å². The largest absolute Gasteiger partial charge is 0.378 e. The highest BCUT2D eigenvalue weighted by Crippen LogP contribution is 2.32. The smallest absolute Gasteiger partial charge is 0.347 e. The molecule has 3 N–H and O–H groups in total. The van der Waals surface area contributed by atoms with Gasteiger partial charge in [-0.15, -0.1) is 0 Å². The third-order valence-corrected chi connectivity index (χ3v) is 5.60. The topological polar surface area (TPSA) is 112 Å². The number of hydrogen-bond donors (Lipinski definition) is 3. The molecule has 1 amide bonds. The van der Waals surface area contributed by atoms with E-state index in [9.17, 15) is 23.5 Å². The summed E-state index contributed by atoms with van der Waals surface area (Å²) < 4.78 is 29.3. The SMILES string of the molecule is CC(=O)N[C@@H](Cc1cc(F)cc(F)c1)c1nc(C#CC(C)(C)O)ccc1-c1ccc2n[nH]c(=O)n2c1C. The second kappa shape index (κ2) is 9.95. The van der Waals surface area contributed by atoms with Crippen LogP contribution in [0.3, 0.4) is 0 Å². The van der Waals surface area contributed by atoms with Gasteiger partial charge < -0.3 is 10.4 Å². The van der Waals surface area contributed by atoms with Crippen molar-refractivity contribution >= 4 is 11.6 Å². The van der Waals surface area contributed by atoms with Crippen molar-refractivity contribution in [2.24, 2.45) is 0 Å². The van der Waals surface area contributed by atoms with Gasteiger partial charge in [0.15, 0.2) is 5.65 Å². The van der Waals surface area contributed by atoms with E-state index in [4.69, 9.17) is 0 Å². The fraction of sp³-hybridized carbons (Fsp3) is 0.259. The molecule has 4 rings (SSSR count). The van der Waals surface area contributed by atoms with Gasteiger partial charge in [0.1, 0.15) is 22.9 Å². The summed E-state index contributed by atoms with van der Waals surface area (Å²) in [4.78, 5) is 29.2. The van der Waals surface area contributed by atoms with Gasteiger partial charge in [-0.05, 0) is 75.1 Å². The average Bonchev–Trinajstić information content (AvgIpc) is 3.17. The molecule has 4 aromatic rings. The molecule has 190 valence electrons. The minimum Gasteiger partial charge on any atom is -0.378 e. The van der Waals surface area contributed by atoms with Crippen LogP contribution in [0.25, 0.3) is 16.8 Å². The molecule has 0 fully saturated rings. The minimum absolute atomic E-state index is 0.0313. The first-order valence-corrected chi connectivity index (χ1v) is 11.5. The number of aryl methyl sites for hydroxylation is 1. The molecule has 0 saturated carbocycles. The summed E-state index contributed by atoms with van der Waals surface area (Å²) in [6.45, 7) is 6.16. The fourth-order valence-electron chi connectivity index (χ4n) is 4.11. The number of H-pyrrole nitrogens is 1. The summed E-state index contributed by atoms with van der Waals surface area (Å²) in [6, 6.07) is 9.21. The summed E-state index contributed by atoms with van der Waals surface area (Å²) >= 11 is 0. The number of carbonyl (C=O) groups excluding carboxylic acids is 1. The van der Waals surface area contributed by atoms with Crippen molar-refractivity contribution in [3.8, 4) is 23.0 Å². The Balaban J connectivity index is 1.94. The molecule has 0 radical (unpaired) electrons. The quantitative estimate of drug-likeness (QED) is 0.361. The molecule has 37 heavy (non-hydrogen) atoms. The van der Waals surface area contributed by atoms with Crippen molar-refractivity contribution in [2.75, 3.05) is 0 Å². The van der Waals surface area contributed by atoms with E-state index in [2.05, 4.69) is 32.3 Å². The van der Waals surface area contributed by atoms with E-state index in [1.807, 2.05) is 0 Å². The number of amides is 1. The van der Waals surface area contributed by atoms with E-state index in [-0.39, 0.29) is 12.3 Å². The Morgan fingerprint density at radius 2 is 1.84 bits per heavy atom. The van der Waals surface area contributed by atoms with Crippen molar-refractivity contribution in [2.45, 2.75) is 45.8 Å². The number of benzene rings is 1. The monoisotopic (exact) mass is 505 g/mol. The lowest BCUT2D eigenvalue weighted by atomic mass is 9.94. The molecule has 0 aliphatic rings. The van der Waals surface area contributed by atoms with Crippen LogP contribution in [0.15, 0.2) is 47.3 Å². The van der Waals surface area contributed by atoms with Crippen molar-refractivity contribution in [1.29, 1.82) is 0 Å². The van der Waals surface area contributed by atoms with Gasteiger partial charge in [-0.1, -0.05) is 5.92 Å². The molecule has 0 bridgehead atoms. The van der Waals surface area contributed by atoms with Gasteiger partial charge in [-0.3, -0.25) is 4.79 Å². The standard InChI is InChI=1S/C27H25F2N5O3/c1-15-21(7-8-24-32-33-26(36)34(15)24)22-6-5-20(9-10-27(3,4)37)31-25(22)23(30-16(2)35)13-17-11-18(28)14-19(29)12-17/h5-8,11-12,14,23,37H,13H2,1-4H3,(H,30,35)(H,33,36)/t23-/m0/s1. The van der Waals surface area contributed by atoms with Crippen molar-refractivity contribution < 1.29 is 18.7 Å². The van der Waals surface area contributed by atoms with E-state index in [0.29, 0.717) is 39.4 Å². The van der Waals surface area contributed by atoms with Crippen LogP contribution in [0.4, 0.5) is 8.78 Å². The average molecular weight is 506 g/mol. The van der Waals surface area contributed by atoms with Crippen LogP contribution in [0.2, 0.25) is 0 Å². The van der Waals surface area contributed by atoms with Crippen LogP contribution in [-0.4, -0.2) is 36.2 Å². The molecule has 8 nitrogen and oxygen atoms in total. The van der Waals surface area contributed by atoms with Gasteiger partial charge in [0.25, 0.3) is 0 Å². The number of aromatic nitrogens is 4. The number of carbonyl (C=O) groups is 1. The van der Waals surface area contributed by atoms with Crippen molar-refractivity contribution in [3.63, 3.8) is 0 Å². The van der Waals surface area contributed by atoms with Crippen LogP contribution in [-0.2, 0) is 11.2 Å². The molecule has 3 aromatic heterocycles. The first kappa shape index (κ1) is 25.7. The number of hydrogen-bond acceptors (Lipinski definition) is 5. The van der Waals surface area contributed by atoms with Gasteiger partial charge in [0.2, 0.25) is 5.91 Å². The van der Waals surface area contributed by atoms with Crippen LogP contribution >= 0.6 is 0 Å². The zero-order chi connectivity index (χ0) is 26.9. The van der Waals surface area contributed by atoms with E-state index < -0.39 is 29.0 Å². The van der Waals surface area contributed by atoms with E-state index in [0.717, 1.165) is 6.07 Å². The molecule has 0 saturated heterocycles. The second-order valence-corrected chi connectivity index (χ2v) is 9.23. The molecule has 0 aliphatic heterocycles. The molecule has 0 spiro atoms. The van der Waals surface area contributed by atoms with Gasteiger partial charge in [0, 0.05) is 29.8 Å². The number of aromatic amines is 1. The molecular weight excluding hydrogens is 480 g/mol. The van der Waals surface area contributed by atoms with Gasteiger partial charge >= 0.3 is 5.69 Å². The molecular formula is C27H25F2N5O3. The number of pyridine rings is 2. The number of fused-ring (bicyclic) bond motifs is 1. The Hall–Kier alpha value is -4.36. The zero-order valence-corrected chi connectivity index (χ0v) is 20.7. The highest BCUT2D eigenvalue weighted by Gasteiger charge is 2.23. The normalized spacial score (nSPS) is 12.2. The maximum Gasteiger partial charge on any atom is 0.347 e. The van der Waals surface area contributed by atoms with Crippen molar-refractivity contribution in [1.82, 2.24) is 24.9 Å². The van der Waals surface area contributed by atoms with Crippen molar-refractivity contribution in [3.05, 3.63) is 87.2 Å². The molecule has 0 unspecified atom stereocenters. The van der Waals surface area contributed by atoms with Gasteiger partial charge in [-0.2, -0.15) is 5.10 Å². The number of nitrogens with zero attached hydrogens (tertiary/aromatic N) is 3. The number of halogens is 2. The maximum absolute atomic E-state index is 13.9. The number of rotatable bonds is 5. The highest BCUT2D eigenvalue weighted by atomic mass is 19.1. The van der Waals surface area contributed by atoms with E-state index in [1.165, 1.54) is 37.3 Å². The zero-order valence-electron chi connectivity index (χ0n) is 20.7. The third kappa shape index (κ3) is 5.90. The predicted molar refractivity (Wildman–Crippen MR) is 134 cm³/mol. The Morgan fingerprint density at radius 1 is 1.16 bits per heavy atom.